The third kappa shape index (κ3) is 36.4. The van der Waals surface area contributed by atoms with Crippen molar-refractivity contribution in [2.24, 2.45) is 5.41 Å². The van der Waals surface area contributed by atoms with Crippen LogP contribution < -0.4 is 0 Å². The molecule has 10 heterocycles. The Hall–Kier alpha value is -12.0. The first-order valence-electron chi connectivity index (χ1n) is 39.3. The zero-order valence-corrected chi connectivity index (χ0v) is 81.7. The van der Waals surface area contributed by atoms with E-state index < -0.39 is 0 Å². The Morgan fingerprint density at radius 2 is 0.417 bits per heavy atom. The van der Waals surface area contributed by atoms with E-state index in [0.717, 1.165) is 135 Å². The van der Waals surface area contributed by atoms with Gasteiger partial charge in [0.25, 0.3) is 0 Å². The summed E-state index contributed by atoms with van der Waals surface area (Å²) in [4.78, 5) is 45.3. The van der Waals surface area contributed by atoms with Gasteiger partial charge >= 0.3 is 112 Å². The van der Waals surface area contributed by atoms with Gasteiger partial charge in [0.05, 0.1) is 56.9 Å². The molecule has 638 valence electrons. The normalized spacial score (nSPS) is 9.63. The van der Waals surface area contributed by atoms with Crippen molar-refractivity contribution in [1.82, 2.24) is 49.8 Å². The summed E-state index contributed by atoms with van der Waals surface area (Å²) in [5.41, 5.74) is 23.1. The maximum atomic E-state index is 4.81. The minimum Gasteiger partial charge on any atom is -0.295 e. The Morgan fingerprint density at radius 3 is 0.630 bits per heavy atom. The van der Waals surface area contributed by atoms with Gasteiger partial charge in [0.2, 0.25) is 0 Å². The average molecular weight is 2570 g/mol. The summed E-state index contributed by atoms with van der Waals surface area (Å²) < 4.78 is 0. The van der Waals surface area contributed by atoms with Gasteiger partial charge in [-0.15, -0.1) is 179 Å². The molecule has 10 nitrogen and oxygen atoms in total. The van der Waals surface area contributed by atoms with Crippen LogP contribution in [0, 0.1) is 61.4 Å². The van der Waals surface area contributed by atoms with Crippen LogP contribution >= 0.6 is 9.42 Å². The maximum Gasteiger partial charge on any atom is 2.00 e. The molecule has 0 saturated carbocycles. The predicted octanol–water partition coefficient (Wildman–Crippen LogP) is 27.5. The number of halogens is 1. The van der Waals surface area contributed by atoms with E-state index in [1.165, 1.54) is 0 Å². The molecule has 0 unspecified atom stereocenters. The van der Waals surface area contributed by atoms with E-state index in [0.29, 0.717) is 0 Å². The standard InChI is InChI=1S/2C22H15N2.3C16H11N2.2C6H5.C5H11.C2H3.ClH.5Pt/c2*1-3-9-17(10-4-1)19-15-21(18-11-5-2-6-12-18)24-22(16-19)20-13-7-8-14-23-20;3*1-2-7-13(8-3-1)14-10-6-11-16(18-14)15-9-4-5-12-17-15;2*1-2-4-6-5-3-1;1-5(2,3)4;1-2;;;;;;/h2*1-11,13-16H;3*1-7,9-12H;2*1-5H;1H2,2-4H3;1H,2H2;1H;;;;;/q9*-1;;5*+2/p-1. The van der Waals surface area contributed by atoms with Gasteiger partial charge in [-0.05, 0) is 142 Å². The zero-order chi connectivity index (χ0) is 86.0. The number of pyridine rings is 10. The molecule has 0 fully saturated rings. The van der Waals surface area contributed by atoms with Crippen LogP contribution in [-0.4, -0.2) is 49.8 Å². The van der Waals surface area contributed by atoms with Gasteiger partial charge in [-0.2, -0.15) is 78.2 Å². The molecular weight excluding hydrogens is 2480 g/mol. The van der Waals surface area contributed by atoms with Gasteiger partial charge in [0.15, 0.2) is 0 Å². The molecule has 0 bridgehead atoms. The van der Waals surface area contributed by atoms with E-state index in [2.05, 4.69) is 181 Å². The summed E-state index contributed by atoms with van der Waals surface area (Å²) in [5, 5.41) is 0. The largest absolute Gasteiger partial charge is 2.00 e. The quantitative estimate of drug-likeness (QED) is 0.109. The molecule has 127 heavy (non-hydrogen) atoms. The molecule has 0 aliphatic rings. The van der Waals surface area contributed by atoms with Crippen molar-refractivity contribution in [3.8, 4) is 135 Å². The number of benzene rings is 9. The van der Waals surface area contributed by atoms with Crippen LogP contribution in [-0.2, 0) is 103 Å². The van der Waals surface area contributed by atoms with E-state index >= 15 is 0 Å². The van der Waals surface area contributed by atoms with Crippen LogP contribution in [0.15, 0.2) is 450 Å². The zero-order valence-electron chi connectivity index (χ0n) is 69.6. The molecule has 0 aliphatic carbocycles. The Labute approximate surface area is 821 Å². The van der Waals surface area contributed by atoms with Gasteiger partial charge in [0.1, 0.15) is 0 Å². The Balaban J connectivity index is 0.000000231. The monoisotopic (exact) mass is 2570 g/mol. The number of rotatable bonds is 12. The average Bonchev–Trinajstić information content (AvgIpc) is 0.798. The maximum absolute atomic E-state index is 4.81. The minimum absolute atomic E-state index is 0. The van der Waals surface area contributed by atoms with Gasteiger partial charge in [0, 0.05) is 31.0 Å². The topological polar surface area (TPSA) is 129 Å². The molecule has 0 N–H and O–H groups in total. The van der Waals surface area contributed by atoms with Gasteiger partial charge in [-0.3, -0.25) is 56.4 Å². The molecule has 0 saturated heterocycles. The molecule has 0 radical (unpaired) electrons. The van der Waals surface area contributed by atoms with Crippen molar-refractivity contribution in [3.05, 3.63) is 506 Å². The van der Waals surface area contributed by atoms with Gasteiger partial charge < -0.3 is 13.5 Å². The molecular formula is C111H87ClN10Pt5. The van der Waals surface area contributed by atoms with Crippen molar-refractivity contribution in [1.29, 1.82) is 0 Å². The van der Waals surface area contributed by atoms with E-state index in [4.69, 9.17) is 9.97 Å². The number of aromatic nitrogens is 10. The summed E-state index contributed by atoms with van der Waals surface area (Å²) in [6, 6.07) is 156. The van der Waals surface area contributed by atoms with Crippen LogP contribution in [0.25, 0.3) is 135 Å². The Kier molecular flexibility index (Phi) is 48.8. The second-order valence-electron chi connectivity index (χ2n) is 27.4. The number of hydrogen-bond acceptors (Lipinski definition) is 10. The summed E-state index contributed by atoms with van der Waals surface area (Å²) in [7, 11) is 4.61. The molecule has 19 aromatic rings. The van der Waals surface area contributed by atoms with Crippen molar-refractivity contribution in [2.75, 3.05) is 0 Å². The number of nitrogens with zero attached hydrogens (tertiary/aromatic N) is 10. The van der Waals surface area contributed by atoms with Gasteiger partial charge in [-0.25, -0.2) is 0 Å². The third-order valence-electron chi connectivity index (χ3n) is 16.9. The first-order valence-corrected chi connectivity index (χ1v) is 42.1. The predicted molar refractivity (Wildman–Crippen MR) is 501 cm³/mol. The first kappa shape index (κ1) is 104. The molecule has 16 heteroatoms. The van der Waals surface area contributed by atoms with Crippen molar-refractivity contribution in [2.45, 2.75) is 20.8 Å². The summed E-state index contributed by atoms with van der Waals surface area (Å²) >= 11 is 1.61. The fraction of sp³-hybridized carbons (Fsp3) is 0.0360. The fourth-order valence-electron chi connectivity index (χ4n) is 11.4. The van der Waals surface area contributed by atoms with Crippen LogP contribution in [0.5, 0.6) is 0 Å². The molecule has 0 amide bonds. The van der Waals surface area contributed by atoms with E-state index in [-0.39, 0.29) is 89.7 Å². The molecule has 19 rings (SSSR count). The van der Waals surface area contributed by atoms with Crippen molar-refractivity contribution in [3.63, 3.8) is 0 Å². The summed E-state index contributed by atoms with van der Waals surface area (Å²) in [5.74, 6) is 0. The molecule has 0 spiro atoms. The summed E-state index contributed by atoms with van der Waals surface area (Å²) in [6.07, 6.45) is 8.91. The molecule has 10 aromatic heterocycles. The first-order chi connectivity index (χ1) is 60.6. The van der Waals surface area contributed by atoms with Crippen LogP contribution in [0.2, 0.25) is 0 Å². The third-order valence-corrected chi connectivity index (χ3v) is 16.9. The summed E-state index contributed by atoms with van der Waals surface area (Å²) in [6.45, 7) is 17.0. The Morgan fingerprint density at radius 1 is 0.228 bits per heavy atom. The molecule has 0 aliphatic heterocycles. The van der Waals surface area contributed by atoms with Crippen LogP contribution in [0.1, 0.15) is 20.8 Å². The van der Waals surface area contributed by atoms with E-state index in [1.54, 1.807) is 49.8 Å². The Bertz CT molecular complexity index is 5100. The molecule has 9 aromatic carbocycles. The van der Waals surface area contributed by atoms with Crippen molar-refractivity contribution < 1.29 is 103 Å². The minimum atomic E-state index is 0. The SMILES string of the molecule is [CH-]=C.[CH2-]C(C)(C)C.[Cl][Pt+].[Pt+2].[Pt+2].[Pt+2].[Pt+2].[c-]1ccccc1.[c-]1ccccc1.[c-]1ccccc1-c1cc(-c2ccccc2)cc(-c2ccccn2)n1.[c-]1ccccc1-c1cc(-c2ccccc2)cc(-c2ccccn2)n1.[c-]1ccccc1-c1cccc(-c2ccccn2)n1.[c-]1ccccc1-c1cccc(-c2ccccn2)n1.[c-]1ccccc1-c1cccc(-c2ccccn2)n1. The van der Waals surface area contributed by atoms with E-state index in [9.17, 15) is 0 Å². The van der Waals surface area contributed by atoms with Crippen LogP contribution in [0.3, 0.4) is 0 Å². The second-order valence-corrected chi connectivity index (χ2v) is 27.4. The smallest absolute Gasteiger partial charge is 0.295 e. The fourth-order valence-corrected chi connectivity index (χ4v) is 11.4. The van der Waals surface area contributed by atoms with Crippen molar-refractivity contribution >= 4 is 9.42 Å². The number of hydrogen-bond donors (Lipinski definition) is 0. The second kappa shape index (κ2) is 59.8. The van der Waals surface area contributed by atoms with Gasteiger partial charge in [-0.1, -0.05) is 160 Å². The molecule has 0 atom stereocenters. The van der Waals surface area contributed by atoms with Crippen LogP contribution in [0.4, 0.5) is 0 Å². The van der Waals surface area contributed by atoms with E-state index in [1.807, 2.05) is 364 Å².